The van der Waals surface area contributed by atoms with Gasteiger partial charge in [0.05, 0.1) is 6.04 Å². The first kappa shape index (κ1) is 19.2. The number of hydrogen-bond donors (Lipinski definition) is 2. The molecule has 0 aromatic carbocycles. The van der Waals surface area contributed by atoms with Crippen molar-refractivity contribution >= 4 is 11.8 Å². The van der Waals surface area contributed by atoms with Gasteiger partial charge in [-0.25, -0.2) is 0 Å². The van der Waals surface area contributed by atoms with Gasteiger partial charge in [-0.05, 0) is 58.0 Å². The number of carbonyl (C=O) groups is 2. The molecule has 1 aliphatic heterocycles. The smallest absolute Gasteiger partial charge is 0.237 e. The summed E-state index contributed by atoms with van der Waals surface area (Å²) in [6, 6.07) is -0.0896. The number of carbonyl (C=O) groups excluding carboxylic acids is 2. The van der Waals surface area contributed by atoms with E-state index in [1.807, 2.05) is 6.92 Å². The number of likely N-dealkylation sites (tertiary alicyclic amines) is 1. The maximum Gasteiger partial charge on any atom is 0.237 e. The Kier molecular flexibility index (Phi) is 8.03. The predicted octanol–water partition coefficient (Wildman–Crippen LogP) is 2.31. The predicted molar refractivity (Wildman–Crippen MR) is 96.6 cm³/mol. The van der Waals surface area contributed by atoms with E-state index in [1.54, 1.807) is 0 Å². The van der Waals surface area contributed by atoms with Gasteiger partial charge in [-0.3, -0.25) is 14.5 Å². The minimum Gasteiger partial charge on any atom is -0.356 e. The van der Waals surface area contributed by atoms with Crippen LogP contribution < -0.4 is 10.6 Å². The molecule has 2 amide bonds. The molecule has 5 nitrogen and oxygen atoms in total. The Balaban J connectivity index is 1.68. The fourth-order valence-electron chi connectivity index (χ4n) is 3.89. The number of nitrogens with zero attached hydrogens (tertiary/aromatic N) is 1. The molecule has 1 saturated carbocycles. The van der Waals surface area contributed by atoms with Crippen LogP contribution in [0.25, 0.3) is 0 Å². The van der Waals surface area contributed by atoms with Crippen LogP contribution in [0.1, 0.15) is 65.2 Å². The maximum atomic E-state index is 12.4. The molecule has 0 aromatic rings. The average Bonchev–Trinajstić information content (AvgIpc) is 2.64. The zero-order valence-electron chi connectivity index (χ0n) is 15.5. The summed E-state index contributed by atoms with van der Waals surface area (Å²) >= 11 is 0. The van der Waals surface area contributed by atoms with Crippen molar-refractivity contribution in [2.75, 3.05) is 26.2 Å². The summed E-state index contributed by atoms with van der Waals surface area (Å²) in [5.74, 6) is 1.12. The highest BCUT2D eigenvalue weighted by Gasteiger charge is 2.29. The summed E-state index contributed by atoms with van der Waals surface area (Å²) in [7, 11) is 0. The maximum absolute atomic E-state index is 12.4. The van der Waals surface area contributed by atoms with Crippen LogP contribution in [0.5, 0.6) is 0 Å². The molecule has 1 aliphatic carbocycles. The van der Waals surface area contributed by atoms with Crippen molar-refractivity contribution in [3.8, 4) is 0 Å². The molecular weight excluding hydrogens is 302 g/mol. The first-order valence-corrected chi connectivity index (χ1v) is 9.91. The van der Waals surface area contributed by atoms with Crippen LogP contribution in [0, 0.1) is 11.8 Å². The molecule has 2 rings (SSSR count). The Labute approximate surface area is 146 Å². The molecule has 5 heteroatoms. The first-order valence-electron chi connectivity index (χ1n) is 9.91. The summed E-state index contributed by atoms with van der Waals surface area (Å²) in [5, 5.41) is 6.14. The molecule has 1 saturated heterocycles. The molecule has 2 fully saturated rings. The van der Waals surface area contributed by atoms with Crippen molar-refractivity contribution in [2.24, 2.45) is 11.8 Å². The average molecular weight is 338 g/mol. The largest absolute Gasteiger partial charge is 0.356 e. The Morgan fingerprint density at radius 3 is 2.33 bits per heavy atom. The van der Waals surface area contributed by atoms with E-state index in [0.29, 0.717) is 5.92 Å². The summed E-state index contributed by atoms with van der Waals surface area (Å²) in [6.07, 6.45) is 9.17. The zero-order valence-corrected chi connectivity index (χ0v) is 15.5. The van der Waals surface area contributed by atoms with Crippen LogP contribution in [0.15, 0.2) is 0 Å². The van der Waals surface area contributed by atoms with Crippen LogP contribution in [-0.4, -0.2) is 48.9 Å². The van der Waals surface area contributed by atoms with E-state index in [1.165, 1.54) is 32.1 Å². The quantitative estimate of drug-likeness (QED) is 0.749. The van der Waals surface area contributed by atoms with E-state index in [2.05, 4.69) is 22.5 Å². The lowest BCUT2D eigenvalue weighted by molar-refractivity contribution is -0.128. The summed E-state index contributed by atoms with van der Waals surface area (Å²) in [5.41, 5.74) is 0. The number of amides is 2. The van der Waals surface area contributed by atoms with E-state index in [-0.39, 0.29) is 23.8 Å². The SMILES string of the molecule is CCCNC(=O)C1CCN(C(C)C(=O)NCC2CCCCC2)CC1. The van der Waals surface area contributed by atoms with Gasteiger partial charge < -0.3 is 10.6 Å². The van der Waals surface area contributed by atoms with Gasteiger partial charge in [0.15, 0.2) is 0 Å². The normalized spacial score (nSPS) is 22.1. The van der Waals surface area contributed by atoms with E-state index in [4.69, 9.17) is 0 Å². The number of piperidine rings is 1. The summed E-state index contributed by atoms with van der Waals surface area (Å²) < 4.78 is 0. The third kappa shape index (κ3) is 5.76. The van der Waals surface area contributed by atoms with Gasteiger partial charge in [-0.2, -0.15) is 0 Å². The van der Waals surface area contributed by atoms with Gasteiger partial charge in [0.1, 0.15) is 0 Å². The topological polar surface area (TPSA) is 61.4 Å². The first-order chi connectivity index (χ1) is 11.6. The van der Waals surface area contributed by atoms with Crippen molar-refractivity contribution in [3.63, 3.8) is 0 Å². The van der Waals surface area contributed by atoms with Gasteiger partial charge in [-0.1, -0.05) is 26.2 Å². The molecular formula is C19H35N3O2. The minimum atomic E-state index is -0.0896. The molecule has 1 atom stereocenters. The van der Waals surface area contributed by atoms with Crippen LogP contribution in [-0.2, 0) is 9.59 Å². The third-order valence-corrected chi connectivity index (χ3v) is 5.67. The summed E-state index contributed by atoms with van der Waals surface area (Å²) in [4.78, 5) is 26.7. The Hall–Kier alpha value is -1.10. The van der Waals surface area contributed by atoms with Crippen LogP contribution in [0.3, 0.4) is 0 Å². The van der Waals surface area contributed by atoms with E-state index in [9.17, 15) is 9.59 Å². The van der Waals surface area contributed by atoms with E-state index >= 15 is 0 Å². The van der Waals surface area contributed by atoms with Crippen molar-refractivity contribution < 1.29 is 9.59 Å². The molecule has 138 valence electrons. The molecule has 1 heterocycles. The molecule has 0 bridgehead atoms. The standard InChI is InChI=1S/C19H35N3O2/c1-3-11-20-19(24)17-9-12-22(13-10-17)15(2)18(23)21-14-16-7-5-4-6-8-16/h15-17H,3-14H2,1-2H3,(H,20,24)(H,21,23). The van der Waals surface area contributed by atoms with Crippen molar-refractivity contribution in [3.05, 3.63) is 0 Å². The Morgan fingerprint density at radius 1 is 1.04 bits per heavy atom. The van der Waals surface area contributed by atoms with Crippen LogP contribution in [0.4, 0.5) is 0 Å². The molecule has 2 N–H and O–H groups in total. The molecule has 1 unspecified atom stereocenters. The number of rotatable bonds is 7. The van der Waals surface area contributed by atoms with Crippen LogP contribution in [0.2, 0.25) is 0 Å². The van der Waals surface area contributed by atoms with Gasteiger partial charge in [-0.15, -0.1) is 0 Å². The number of hydrogen-bond acceptors (Lipinski definition) is 3. The van der Waals surface area contributed by atoms with Gasteiger partial charge in [0, 0.05) is 19.0 Å². The lowest BCUT2D eigenvalue weighted by Crippen LogP contribution is -2.50. The summed E-state index contributed by atoms with van der Waals surface area (Å²) in [6.45, 7) is 7.33. The molecule has 24 heavy (non-hydrogen) atoms. The second kappa shape index (κ2) is 10.0. The van der Waals surface area contributed by atoms with Crippen LogP contribution >= 0.6 is 0 Å². The zero-order chi connectivity index (χ0) is 17.4. The molecule has 0 spiro atoms. The lowest BCUT2D eigenvalue weighted by atomic mass is 9.89. The highest BCUT2D eigenvalue weighted by molar-refractivity contribution is 5.81. The molecule has 0 aromatic heterocycles. The van der Waals surface area contributed by atoms with Crippen molar-refractivity contribution in [1.82, 2.24) is 15.5 Å². The molecule has 0 radical (unpaired) electrons. The lowest BCUT2D eigenvalue weighted by Gasteiger charge is -2.35. The van der Waals surface area contributed by atoms with Gasteiger partial charge in [0.25, 0.3) is 0 Å². The van der Waals surface area contributed by atoms with Crippen molar-refractivity contribution in [2.45, 2.75) is 71.3 Å². The van der Waals surface area contributed by atoms with Crippen molar-refractivity contribution in [1.29, 1.82) is 0 Å². The number of nitrogens with one attached hydrogen (secondary N) is 2. The second-order valence-corrected chi connectivity index (χ2v) is 7.53. The minimum absolute atomic E-state index is 0.0896. The fourth-order valence-corrected chi connectivity index (χ4v) is 3.89. The third-order valence-electron chi connectivity index (χ3n) is 5.67. The molecule has 2 aliphatic rings. The highest BCUT2D eigenvalue weighted by Crippen LogP contribution is 2.23. The monoisotopic (exact) mass is 337 g/mol. The second-order valence-electron chi connectivity index (χ2n) is 7.53. The van der Waals surface area contributed by atoms with Gasteiger partial charge in [0.2, 0.25) is 11.8 Å². The van der Waals surface area contributed by atoms with E-state index < -0.39 is 0 Å². The van der Waals surface area contributed by atoms with E-state index in [0.717, 1.165) is 45.4 Å². The Morgan fingerprint density at radius 2 is 1.71 bits per heavy atom. The Bertz CT molecular complexity index is 399. The highest BCUT2D eigenvalue weighted by atomic mass is 16.2. The van der Waals surface area contributed by atoms with Gasteiger partial charge >= 0.3 is 0 Å². The fraction of sp³-hybridized carbons (Fsp3) is 0.895.